The minimum Gasteiger partial charge on any atom is -0.341 e. The minimum atomic E-state index is 0.304. The summed E-state index contributed by atoms with van der Waals surface area (Å²) in [6.07, 6.45) is 3.66. The molecule has 2 aliphatic rings. The lowest BCUT2D eigenvalue weighted by molar-refractivity contribution is -0.134. The molecule has 0 bridgehead atoms. The zero-order valence-corrected chi connectivity index (χ0v) is 12.8. The molecule has 2 heteroatoms. The molecule has 0 aromatic heterocycles. The lowest BCUT2D eigenvalue weighted by Crippen LogP contribution is -2.31. The quantitative estimate of drug-likeness (QED) is 0.815. The third-order valence-corrected chi connectivity index (χ3v) is 5.04. The van der Waals surface area contributed by atoms with Crippen molar-refractivity contribution < 1.29 is 4.79 Å². The number of hydrogen-bond donors (Lipinski definition) is 0. The molecule has 2 saturated carbocycles. The topological polar surface area (TPSA) is 20.3 Å². The number of hydrogen-bond acceptors (Lipinski definition) is 1. The molecule has 1 aromatic carbocycles. The van der Waals surface area contributed by atoms with E-state index in [2.05, 4.69) is 38.1 Å². The lowest BCUT2D eigenvalue weighted by Gasteiger charge is -2.22. The van der Waals surface area contributed by atoms with Gasteiger partial charge in [-0.15, -0.1) is 0 Å². The van der Waals surface area contributed by atoms with E-state index < -0.39 is 0 Å². The zero-order valence-electron chi connectivity index (χ0n) is 12.8. The Morgan fingerprint density at radius 3 is 2.30 bits per heavy atom. The van der Waals surface area contributed by atoms with Gasteiger partial charge in [-0.05, 0) is 48.1 Å². The third-order valence-electron chi connectivity index (χ3n) is 5.04. The average molecular weight is 271 g/mol. The number of benzene rings is 1. The maximum Gasteiger partial charge on any atom is 0.225 e. The molecule has 2 aliphatic carbocycles. The molecule has 0 heterocycles. The van der Waals surface area contributed by atoms with E-state index in [-0.39, 0.29) is 0 Å². The highest BCUT2D eigenvalue weighted by Crippen LogP contribution is 2.54. The Hall–Kier alpha value is -1.31. The normalized spacial score (nSPS) is 27.5. The molecule has 2 atom stereocenters. The van der Waals surface area contributed by atoms with E-state index >= 15 is 0 Å². The predicted molar refractivity (Wildman–Crippen MR) is 81.3 cm³/mol. The van der Waals surface area contributed by atoms with Crippen molar-refractivity contribution in [3.05, 3.63) is 35.4 Å². The average Bonchev–Trinajstić information content (AvgIpc) is 3.05. The zero-order chi connectivity index (χ0) is 14.3. The molecule has 2 unspecified atom stereocenters. The second-order valence-corrected chi connectivity index (χ2v) is 7.01. The summed E-state index contributed by atoms with van der Waals surface area (Å²) in [5, 5.41) is 0. The molecule has 108 valence electrons. The SMILES string of the molecule is CC(C)c1ccc(CN(C)C(=O)C2CC3CC3C2)cc1. The molecule has 1 aromatic rings. The van der Waals surface area contributed by atoms with E-state index in [1.54, 1.807) is 0 Å². The van der Waals surface area contributed by atoms with Gasteiger partial charge in [0, 0.05) is 19.5 Å². The largest absolute Gasteiger partial charge is 0.341 e. The Balaban J connectivity index is 1.57. The van der Waals surface area contributed by atoms with Crippen molar-refractivity contribution in [1.29, 1.82) is 0 Å². The van der Waals surface area contributed by atoms with E-state index in [0.717, 1.165) is 31.2 Å². The fourth-order valence-electron chi connectivity index (χ4n) is 3.59. The Labute approximate surface area is 122 Å². The summed E-state index contributed by atoms with van der Waals surface area (Å²) < 4.78 is 0. The second kappa shape index (κ2) is 5.23. The van der Waals surface area contributed by atoms with Crippen molar-refractivity contribution in [2.75, 3.05) is 7.05 Å². The van der Waals surface area contributed by atoms with Crippen molar-refractivity contribution >= 4 is 5.91 Å². The fraction of sp³-hybridized carbons (Fsp3) is 0.611. The van der Waals surface area contributed by atoms with Crippen molar-refractivity contribution in [2.24, 2.45) is 17.8 Å². The molecular weight excluding hydrogens is 246 g/mol. The van der Waals surface area contributed by atoms with Crippen LogP contribution in [0.4, 0.5) is 0 Å². The van der Waals surface area contributed by atoms with Crippen molar-refractivity contribution in [2.45, 2.75) is 45.6 Å². The van der Waals surface area contributed by atoms with Gasteiger partial charge in [0.2, 0.25) is 5.91 Å². The number of rotatable bonds is 4. The van der Waals surface area contributed by atoms with Crippen molar-refractivity contribution in [3.8, 4) is 0 Å². The van der Waals surface area contributed by atoms with Crippen LogP contribution in [0.5, 0.6) is 0 Å². The standard InChI is InChI=1S/C18H25NO/c1-12(2)14-6-4-13(5-7-14)11-19(3)18(20)17-9-15-8-16(15)10-17/h4-7,12,15-17H,8-11H2,1-3H3. The van der Waals surface area contributed by atoms with Gasteiger partial charge in [0.1, 0.15) is 0 Å². The van der Waals surface area contributed by atoms with Gasteiger partial charge in [-0.1, -0.05) is 38.1 Å². The first-order valence-electron chi connectivity index (χ1n) is 7.88. The Morgan fingerprint density at radius 1 is 1.15 bits per heavy atom. The second-order valence-electron chi connectivity index (χ2n) is 7.01. The van der Waals surface area contributed by atoms with Gasteiger partial charge in [0.25, 0.3) is 0 Å². The third kappa shape index (κ3) is 2.74. The summed E-state index contributed by atoms with van der Waals surface area (Å²) in [5.41, 5.74) is 2.59. The number of nitrogens with zero attached hydrogens (tertiary/aromatic N) is 1. The molecule has 2 fully saturated rings. The fourth-order valence-corrected chi connectivity index (χ4v) is 3.59. The van der Waals surface area contributed by atoms with Crippen LogP contribution in [0.15, 0.2) is 24.3 Å². The number of carbonyl (C=O) groups excluding carboxylic acids is 1. The van der Waals surface area contributed by atoms with Crippen LogP contribution in [0.3, 0.4) is 0 Å². The van der Waals surface area contributed by atoms with Crippen LogP contribution < -0.4 is 0 Å². The maximum atomic E-state index is 12.4. The molecule has 0 saturated heterocycles. The van der Waals surface area contributed by atoms with Crippen LogP contribution in [0, 0.1) is 17.8 Å². The molecule has 20 heavy (non-hydrogen) atoms. The van der Waals surface area contributed by atoms with Crippen LogP contribution in [0.2, 0.25) is 0 Å². The molecule has 0 N–H and O–H groups in total. The van der Waals surface area contributed by atoms with Gasteiger partial charge in [0.15, 0.2) is 0 Å². The molecule has 2 nitrogen and oxygen atoms in total. The first kappa shape index (κ1) is 13.7. The Bertz CT molecular complexity index is 481. The highest BCUT2D eigenvalue weighted by Gasteiger charge is 2.48. The summed E-state index contributed by atoms with van der Waals surface area (Å²) in [7, 11) is 1.95. The summed E-state index contributed by atoms with van der Waals surface area (Å²) in [6.45, 7) is 5.15. The molecule has 0 spiro atoms. The van der Waals surface area contributed by atoms with Crippen LogP contribution in [-0.2, 0) is 11.3 Å². The molecule has 0 aliphatic heterocycles. The van der Waals surface area contributed by atoms with Gasteiger partial charge in [-0.25, -0.2) is 0 Å². The summed E-state index contributed by atoms with van der Waals surface area (Å²) in [4.78, 5) is 14.3. The minimum absolute atomic E-state index is 0.304. The van der Waals surface area contributed by atoms with E-state index in [4.69, 9.17) is 0 Å². The number of carbonyl (C=O) groups is 1. The molecule has 1 amide bonds. The molecule has 0 radical (unpaired) electrons. The van der Waals surface area contributed by atoms with Crippen molar-refractivity contribution in [3.63, 3.8) is 0 Å². The van der Waals surface area contributed by atoms with E-state index in [1.165, 1.54) is 17.5 Å². The van der Waals surface area contributed by atoms with E-state index in [0.29, 0.717) is 17.7 Å². The number of fused-ring (bicyclic) bond motifs is 1. The van der Waals surface area contributed by atoms with Crippen LogP contribution >= 0.6 is 0 Å². The van der Waals surface area contributed by atoms with Gasteiger partial charge in [-0.2, -0.15) is 0 Å². The van der Waals surface area contributed by atoms with Crippen molar-refractivity contribution in [1.82, 2.24) is 4.90 Å². The highest BCUT2D eigenvalue weighted by atomic mass is 16.2. The summed E-state index contributed by atoms with van der Waals surface area (Å²) in [5.74, 6) is 2.97. The molecular formula is C18H25NO. The monoisotopic (exact) mass is 271 g/mol. The van der Waals surface area contributed by atoms with E-state index in [9.17, 15) is 4.79 Å². The summed E-state index contributed by atoms with van der Waals surface area (Å²) in [6, 6.07) is 8.68. The highest BCUT2D eigenvalue weighted by molar-refractivity contribution is 5.79. The Kier molecular flexibility index (Phi) is 3.57. The van der Waals surface area contributed by atoms with Crippen LogP contribution in [0.25, 0.3) is 0 Å². The summed E-state index contributed by atoms with van der Waals surface area (Å²) >= 11 is 0. The van der Waals surface area contributed by atoms with Crippen LogP contribution in [-0.4, -0.2) is 17.9 Å². The first-order valence-corrected chi connectivity index (χ1v) is 7.88. The molecule has 3 rings (SSSR count). The maximum absolute atomic E-state index is 12.4. The number of amides is 1. The Morgan fingerprint density at radius 2 is 1.75 bits per heavy atom. The van der Waals surface area contributed by atoms with Gasteiger partial charge in [-0.3, -0.25) is 4.79 Å². The van der Waals surface area contributed by atoms with E-state index in [1.807, 2.05) is 11.9 Å². The van der Waals surface area contributed by atoms with Gasteiger partial charge in [0.05, 0.1) is 0 Å². The lowest BCUT2D eigenvalue weighted by atomic mass is 10.0. The predicted octanol–water partition coefficient (Wildman–Crippen LogP) is 3.81. The van der Waals surface area contributed by atoms with Gasteiger partial charge < -0.3 is 4.90 Å². The smallest absolute Gasteiger partial charge is 0.225 e. The van der Waals surface area contributed by atoms with Gasteiger partial charge >= 0.3 is 0 Å². The van der Waals surface area contributed by atoms with Crippen LogP contribution in [0.1, 0.15) is 50.2 Å². The first-order chi connectivity index (χ1) is 9.54.